The van der Waals surface area contributed by atoms with Gasteiger partial charge in [-0.1, -0.05) is 37.3 Å². The van der Waals surface area contributed by atoms with Gasteiger partial charge in [-0.05, 0) is 25.5 Å². The van der Waals surface area contributed by atoms with Crippen LogP contribution in [0.25, 0.3) is 0 Å². The highest BCUT2D eigenvalue weighted by atomic mass is 16.2. The van der Waals surface area contributed by atoms with Crippen LogP contribution in [0.15, 0.2) is 30.3 Å². The van der Waals surface area contributed by atoms with Gasteiger partial charge in [-0.15, -0.1) is 0 Å². The van der Waals surface area contributed by atoms with Crippen molar-refractivity contribution in [3.8, 4) is 0 Å². The van der Waals surface area contributed by atoms with Crippen molar-refractivity contribution in [3.05, 3.63) is 35.9 Å². The molecule has 4 nitrogen and oxygen atoms in total. The number of carbonyl (C=O) groups is 1. The maximum absolute atomic E-state index is 12.4. The fourth-order valence-corrected chi connectivity index (χ4v) is 3.23. The number of piperidine rings is 1. The van der Waals surface area contributed by atoms with Gasteiger partial charge >= 0.3 is 0 Å². The van der Waals surface area contributed by atoms with Gasteiger partial charge in [0, 0.05) is 45.2 Å². The molecule has 122 valence electrons. The van der Waals surface area contributed by atoms with E-state index in [1.807, 2.05) is 25.9 Å². The first-order valence-electron chi connectivity index (χ1n) is 8.29. The van der Waals surface area contributed by atoms with Crippen LogP contribution in [0.1, 0.15) is 25.3 Å². The van der Waals surface area contributed by atoms with Crippen molar-refractivity contribution in [1.82, 2.24) is 15.1 Å². The van der Waals surface area contributed by atoms with Gasteiger partial charge in [0.1, 0.15) is 0 Å². The van der Waals surface area contributed by atoms with Gasteiger partial charge in [-0.2, -0.15) is 0 Å². The summed E-state index contributed by atoms with van der Waals surface area (Å²) in [7, 11) is 3.86. The highest BCUT2D eigenvalue weighted by molar-refractivity contribution is 5.78. The maximum atomic E-state index is 12.4. The molecule has 22 heavy (non-hydrogen) atoms. The first-order chi connectivity index (χ1) is 10.6. The van der Waals surface area contributed by atoms with E-state index in [0.717, 1.165) is 39.0 Å². The third-order valence-corrected chi connectivity index (χ3v) is 4.63. The molecule has 0 bridgehead atoms. The van der Waals surface area contributed by atoms with Crippen molar-refractivity contribution >= 4 is 5.91 Å². The molecule has 1 N–H and O–H groups in total. The van der Waals surface area contributed by atoms with Crippen molar-refractivity contribution in [2.75, 3.05) is 33.7 Å². The second-order valence-electron chi connectivity index (χ2n) is 6.40. The lowest BCUT2D eigenvalue weighted by molar-refractivity contribution is -0.136. The summed E-state index contributed by atoms with van der Waals surface area (Å²) >= 11 is 0. The van der Waals surface area contributed by atoms with Crippen LogP contribution in [0.5, 0.6) is 0 Å². The average molecular weight is 303 g/mol. The highest BCUT2D eigenvalue weighted by Gasteiger charge is 2.27. The summed E-state index contributed by atoms with van der Waals surface area (Å²) in [6.07, 6.45) is 2.14. The molecule has 0 aliphatic carbocycles. The Hall–Kier alpha value is -1.39. The Morgan fingerprint density at radius 1 is 1.32 bits per heavy atom. The lowest BCUT2D eigenvalue weighted by Crippen LogP contribution is -2.47. The van der Waals surface area contributed by atoms with E-state index in [9.17, 15) is 4.79 Å². The van der Waals surface area contributed by atoms with Crippen LogP contribution in [0.3, 0.4) is 0 Å². The summed E-state index contributed by atoms with van der Waals surface area (Å²) in [6, 6.07) is 11.0. The topological polar surface area (TPSA) is 35.6 Å². The third-order valence-electron chi connectivity index (χ3n) is 4.63. The minimum atomic E-state index is 0.0531. The van der Waals surface area contributed by atoms with Gasteiger partial charge in [0.15, 0.2) is 0 Å². The molecule has 1 aliphatic rings. The van der Waals surface area contributed by atoms with Gasteiger partial charge < -0.3 is 10.2 Å². The summed E-state index contributed by atoms with van der Waals surface area (Å²) < 4.78 is 0. The van der Waals surface area contributed by atoms with Gasteiger partial charge in [0.2, 0.25) is 5.91 Å². The van der Waals surface area contributed by atoms with E-state index in [0.29, 0.717) is 6.04 Å². The van der Waals surface area contributed by atoms with Crippen molar-refractivity contribution in [2.45, 2.75) is 32.4 Å². The van der Waals surface area contributed by atoms with E-state index in [-0.39, 0.29) is 11.8 Å². The molecule has 1 heterocycles. The van der Waals surface area contributed by atoms with E-state index in [2.05, 4.69) is 40.5 Å². The number of hydrogen-bond donors (Lipinski definition) is 1. The first kappa shape index (κ1) is 17.0. The Labute approximate surface area is 134 Å². The molecule has 1 fully saturated rings. The number of hydrogen-bond acceptors (Lipinski definition) is 3. The van der Waals surface area contributed by atoms with Crippen LogP contribution in [-0.2, 0) is 11.3 Å². The number of likely N-dealkylation sites (tertiary alicyclic amines) is 1. The molecular weight excluding hydrogens is 274 g/mol. The Bertz CT molecular complexity index is 455. The Morgan fingerprint density at radius 2 is 1.95 bits per heavy atom. The molecule has 4 heteroatoms. The number of rotatable bonds is 6. The normalized spacial score (nSPS) is 18.1. The molecular formula is C18H29N3O. The average Bonchev–Trinajstić information content (AvgIpc) is 2.55. The van der Waals surface area contributed by atoms with Crippen molar-refractivity contribution < 1.29 is 4.79 Å². The van der Waals surface area contributed by atoms with Crippen molar-refractivity contribution in [2.24, 2.45) is 5.92 Å². The summed E-state index contributed by atoms with van der Waals surface area (Å²) in [4.78, 5) is 16.8. The Morgan fingerprint density at radius 3 is 2.55 bits per heavy atom. The molecule has 1 aromatic carbocycles. The van der Waals surface area contributed by atoms with Crippen LogP contribution in [0.4, 0.5) is 0 Å². The number of amides is 1. The molecule has 0 spiro atoms. The first-order valence-corrected chi connectivity index (χ1v) is 8.29. The molecule has 1 unspecified atom stereocenters. The third kappa shape index (κ3) is 4.55. The number of carbonyl (C=O) groups excluding carboxylic acids is 1. The Kier molecular flexibility index (Phi) is 6.40. The van der Waals surface area contributed by atoms with Crippen molar-refractivity contribution in [1.29, 1.82) is 0 Å². The number of benzene rings is 1. The van der Waals surface area contributed by atoms with Gasteiger partial charge in [0.25, 0.3) is 0 Å². The fraction of sp³-hybridized carbons (Fsp3) is 0.611. The molecule has 0 radical (unpaired) electrons. The zero-order valence-corrected chi connectivity index (χ0v) is 14.1. The van der Waals surface area contributed by atoms with E-state index in [1.54, 1.807) is 0 Å². The van der Waals surface area contributed by atoms with Crippen LogP contribution in [-0.4, -0.2) is 55.5 Å². The zero-order chi connectivity index (χ0) is 15.9. The van der Waals surface area contributed by atoms with Crippen LogP contribution >= 0.6 is 0 Å². The van der Waals surface area contributed by atoms with E-state index in [4.69, 9.17) is 0 Å². The van der Waals surface area contributed by atoms with Crippen LogP contribution < -0.4 is 5.32 Å². The van der Waals surface area contributed by atoms with Gasteiger partial charge in [-0.25, -0.2) is 0 Å². The standard InChI is InChI=1S/C18H29N3O/c1-15(13-19-2)18(22)20(3)17-9-11-21(12-10-17)14-16-7-5-4-6-8-16/h4-8,15,17,19H,9-14H2,1-3H3. The quantitative estimate of drug-likeness (QED) is 0.873. The maximum Gasteiger partial charge on any atom is 0.226 e. The van der Waals surface area contributed by atoms with Crippen LogP contribution in [0, 0.1) is 5.92 Å². The number of nitrogens with one attached hydrogen (secondary N) is 1. The molecule has 0 saturated carbocycles. The molecule has 1 aliphatic heterocycles. The lowest BCUT2D eigenvalue weighted by Gasteiger charge is -2.37. The number of nitrogens with zero attached hydrogens (tertiary/aromatic N) is 2. The SMILES string of the molecule is CNCC(C)C(=O)N(C)C1CCN(Cc2ccccc2)CC1. The molecule has 0 aromatic heterocycles. The predicted molar refractivity (Wildman–Crippen MR) is 90.6 cm³/mol. The van der Waals surface area contributed by atoms with E-state index >= 15 is 0 Å². The summed E-state index contributed by atoms with van der Waals surface area (Å²) in [5.41, 5.74) is 1.37. The summed E-state index contributed by atoms with van der Waals surface area (Å²) in [6.45, 7) is 5.90. The molecule has 2 rings (SSSR count). The zero-order valence-electron chi connectivity index (χ0n) is 14.1. The van der Waals surface area contributed by atoms with E-state index in [1.165, 1.54) is 5.56 Å². The minimum absolute atomic E-state index is 0.0531. The summed E-state index contributed by atoms with van der Waals surface area (Å²) in [5, 5.41) is 3.08. The monoisotopic (exact) mass is 303 g/mol. The minimum Gasteiger partial charge on any atom is -0.342 e. The predicted octanol–water partition coefficient (Wildman–Crippen LogP) is 1.96. The van der Waals surface area contributed by atoms with Gasteiger partial charge in [-0.3, -0.25) is 9.69 Å². The second kappa shape index (κ2) is 8.30. The fourth-order valence-electron chi connectivity index (χ4n) is 3.23. The molecule has 1 atom stereocenters. The lowest BCUT2D eigenvalue weighted by atomic mass is 10.0. The van der Waals surface area contributed by atoms with E-state index < -0.39 is 0 Å². The second-order valence-corrected chi connectivity index (χ2v) is 6.40. The summed E-state index contributed by atoms with van der Waals surface area (Å²) in [5.74, 6) is 0.313. The smallest absolute Gasteiger partial charge is 0.226 e. The van der Waals surface area contributed by atoms with Crippen LogP contribution in [0.2, 0.25) is 0 Å². The largest absolute Gasteiger partial charge is 0.342 e. The highest BCUT2D eigenvalue weighted by Crippen LogP contribution is 2.19. The van der Waals surface area contributed by atoms with Crippen molar-refractivity contribution in [3.63, 3.8) is 0 Å². The molecule has 1 aromatic rings. The molecule has 1 saturated heterocycles. The molecule has 1 amide bonds. The van der Waals surface area contributed by atoms with Gasteiger partial charge in [0.05, 0.1) is 0 Å². The Balaban J connectivity index is 1.80.